The Morgan fingerprint density at radius 2 is 1.37 bits per heavy atom. The molecule has 0 spiro atoms. The summed E-state index contributed by atoms with van der Waals surface area (Å²) in [6.07, 6.45) is -5.49. The fourth-order valence-corrected chi connectivity index (χ4v) is 2.57. The van der Waals surface area contributed by atoms with Crippen LogP contribution in [-0.2, 0) is 42.9 Å². The van der Waals surface area contributed by atoms with E-state index in [1.54, 1.807) is 0 Å². The first kappa shape index (κ1) is 27.7. The highest BCUT2D eigenvalue weighted by atomic mass is 32.1. The summed E-state index contributed by atoms with van der Waals surface area (Å²) >= 11 is 4.07. The van der Waals surface area contributed by atoms with Gasteiger partial charge < -0.3 is 29.4 Å². The molecule has 11 nitrogen and oxygen atoms in total. The molecule has 0 saturated carbocycles. The minimum Gasteiger partial charge on any atom is -0.463 e. The second kappa shape index (κ2) is 14.6. The summed E-state index contributed by atoms with van der Waals surface area (Å²) in [5.74, 6) is -3.59. The molecule has 0 bridgehead atoms. The molecular formula is C18H29NO10S. The fourth-order valence-electron chi connectivity index (χ4n) is 2.34. The van der Waals surface area contributed by atoms with Crippen LogP contribution >= 0.6 is 12.6 Å². The van der Waals surface area contributed by atoms with E-state index in [4.69, 9.17) is 18.9 Å². The molecule has 0 aromatic carbocycles. The number of ether oxygens (including phenoxy) is 4. The molecule has 0 saturated heterocycles. The normalized spacial score (nSPS) is 14.5. The van der Waals surface area contributed by atoms with Crippen LogP contribution in [-0.4, -0.2) is 78.2 Å². The van der Waals surface area contributed by atoms with Gasteiger partial charge in [-0.3, -0.25) is 24.0 Å². The van der Waals surface area contributed by atoms with Crippen LogP contribution in [0.3, 0.4) is 0 Å². The first-order valence-electron chi connectivity index (χ1n) is 9.21. The zero-order valence-electron chi connectivity index (χ0n) is 17.4. The third kappa shape index (κ3) is 11.6. The van der Waals surface area contributed by atoms with Crippen molar-refractivity contribution < 1.29 is 48.0 Å². The summed E-state index contributed by atoms with van der Waals surface area (Å²) in [6, 6.07) is 0. The number of thiol groups is 1. The molecule has 0 aliphatic rings. The van der Waals surface area contributed by atoms with Crippen LogP contribution in [0.5, 0.6) is 0 Å². The van der Waals surface area contributed by atoms with E-state index < -0.39 is 60.8 Å². The van der Waals surface area contributed by atoms with Gasteiger partial charge in [0, 0.05) is 34.2 Å². The summed E-state index contributed by atoms with van der Waals surface area (Å²) in [5, 5.41) is 12.9. The zero-order chi connectivity index (χ0) is 23.3. The number of rotatable bonds is 13. The van der Waals surface area contributed by atoms with Gasteiger partial charge in [-0.2, -0.15) is 12.6 Å². The first-order valence-corrected chi connectivity index (χ1v) is 9.84. The standard InChI is InChI=1S/C18H29NO10S/c1-10(20)26-9-14(24)15(27-11(2)21)16(28-12(3)22)17(29-13(4)23)18(25)19-7-5-6-8-30/h14-17,24,30H,5-9H2,1-4H3,(H,19,25)/t14-,15-,16+,17-/m1/s1. The van der Waals surface area contributed by atoms with E-state index in [9.17, 15) is 29.1 Å². The van der Waals surface area contributed by atoms with Gasteiger partial charge in [0.25, 0.3) is 5.91 Å². The second-order valence-corrected chi connectivity index (χ2v) is 6.72. The van der Waals surface area contributed by atoms with Gasteiger partial charge in [0.2, 0.25) is 6.10 Å². The number of unbranched alkanes of at least 4 members (excludes halogenated alkanes) is 1. The Balaban J connectivity index is 5.84. The number of carbonyl (C=O) groups is 5. The van der Waals surface area contributed by atoms with Gasteiger partial charge in [-0.05, 0) is 18.6 Å². The number of hydrogen-bond donors (Lipinski definition) is 3. The maximum Gasteiger partial charge on any atom is 0.303 e. The molecule has 172 valence electrons. The Morgan fingerprint density at radius 3 is 1.83 bits per heavy atom. The topological polar surface area (TPSA) is 155 Å². The van der Waals surface area contributed by atoms with Gasteiger partial charge in [-0.15, -0.1) is 0 Å². The predicted octanol–water partition coefficient (Wildman–Crippen LogP) is -0.468. The van der Waals surface area contributed by atoms with E-state index in [0.717, 1.165) is 27.7 Å². The Bertz CT molecular complexity index is 612. The van der Waals surface area contributed by atoms with Gasteiger partial charge in [0.1, 0.15) is 12.7 Å². The Kier molecular flexibility index (Phi) is 13.5. The van der Waals surface area contributed by atoms with Gasteiger partial charge in [0.15, 0.2) is 12.2 Å². The van der Waals surface area contributed by atoms with Crippen molar-refractivity contribution in [1.82, 2.24) is 5.32 Å². The number of amides is 1. The molecule has 2 N–H and O–H groups in total. The number of esters is 4. The predicted molar refractivity (Wildman–Crippen MR) is 105 cm³/mol. The number of aliphatic hydroxyl groups is 1. The van der Waals surface area contributed by atoms with Crippen molar-refractivity contribution in [3.8, 4) is 0 Å². The van der Waals surface area contributed by atoms with Crippen molar-refractivity contribution in [2.75, 3.05) is 18.9 Å². The van der Waals surface area contributed by atoms with Gasteiger partial charge in [-0.1, -0.05) is 0 Å². The SMILES string of the molecule is CC(=O)OC[C@@H](O)[C@@H](OC(C)=O)[C@H](OC(C)=O)[C@@H](OC(C)=O)C(=O)NCCCCS. The smallest absolute Gasteiger partial charge is 0.303 e. The summed E-state index contributed by atoms with van der Waals surface area (Å²) < 4.78 is 19.8. The molecule has 1 amide bonds. The molecule has 0 aromatic heterocycles. The highest BCUT2D eigenvalue weighted by Gasteiger charge is 2.45. The van der Waals surface area contributed by atoms with Crippen molar-refractivity contribution in [3.05, 3.63) is 0 Å². The molecule has 30 heavy (non-hydrogen) atoms. The van der Waals surface area contributed by atoms with Crippen molar-refractivity contribution in [3.63, 3.8) is 0 Å². The third-order valence-electron chi connectivity index (χ3n) is 3.50. The molecule has 0 radical (unpaired) electrons. The Morgan fingerprint density at radius 1 is 0.833 bits per heavy atom. The molecule has 0 unspecified atom stereocenters. The number of carbonyl (C=O) groups excluding carboxylic acids is 5. The molecule has 0 aliphatic heterocycles. The van der Waals surface area contributed by atoms with Crippen LogP contribution in [0.1, 0.15) is 40.5 Å². The molecule has 4 atom stereocenters. The highest BCUT2D eigenvalue weighted by molar-refractivity contribution is 7.80. The average Bonchev–Trinajstić information content (AvgIpc) is 2.63. The Hall–Kier alpha value is -2.34. The minimum atomic E-state index is -1.74. The second-order valence-electron chi connectivity index (χ2n) is 6.27. The van der Waals surface area contributed by atoms with Crippen molar-refractivity contribution in [1.29, 1.82) is 0 Å². The van der Waals surface area contributed by atoms with Gasteiger partial charge in [-0.25, -0.2) is 0 Å². The lowest BCUT2D eigenvalue weighted by Crippen LogP contribution is -2.56. The van der Waals surface area contributed by atoms with E-state index in [-0.39, 0.29) is 6.54 Å². The number of nitrogens with one attached hydrogen (secondary N) is 1. The van der Waals surface area contributed by atoms with Gasteiger partial charge >= 0.3 is 23.9 Å². The van der Waals surface area contributed by atoms with Crippen LogP contribution in [0, 0.1) is 0 Å². The lowest BCUT2D eigenvalue weighted by atomic mass is 10.0. The fraction of sp³-hybridized carbons (Fsp3) is 0.722. The van der Waals surface area contributed by atoms with E-state index in [1.807, 2.05) is 0 Å². The van der Waals surface area contributed by atoms with E-state index in [2.05, 4.69) is 17.9 Å². The molecule has 12 heteroatoms. The molecule has 0 rings (SSSR count). The van der Waals surface area contributed by atoms with Crippen LogP contribution in [0.15, 0.2) is 0 Å². The van der Waals surface area contributed by atoms with Crippen molar-refractivity contribution >= 4 is 42.4 Å². The molecular weight excluding hydrogens is 422 g/mol. The van der Waals surface area contributed by atoms with Gasteiger partial charge in [0.05, 0.1) is 0 Å². The summed E-state index contributed by atoms with van der Waals surface area (Å²) in [4.78, 5) is 58.4. The first-order chi connectivity index (χ1) is 14.0. The molecule has 0 fully saturated rings. The maximum absolute atomic E-state index is 12.6. The summed E-state index contributed by atoms with van der Waals surface area (Å²) in [7, 11) is 0. The Labute approximate surface area is 180 Å². The summed E-state index contributed by atoms with van der Waals surface area (Å²) in [6.45, 7) is 3.76. The number of hydrogen-bond acceptors (Lipinski definition) is 11. The lowest BCUT2D eigenvalue weighted by molar-refractivity contribution is -0.197. The van der Waals surface area contributed by atoms with E-state index in [1.165, 1.54) is 0 Å². The minimum absolute atomic E-state index is 0.220. The van der Waals surface area contributed by atoms with E-state index >= 15 is 0 Å². The zero-order valence-corrected chi connectivity index (χ0v) is 18.3. The largest absolute Gasteiger partial charge is 0.463 e. The molecule has 0 heterocycles. The highest BCUT2D eigenvalue weighted by Crippen LogP contribution is 2.18. The third-order valence-corrected chi connectivity index (χ3v) is 3.81. The summed E-state index contributed by atoms with van der Waals surface area (Å²) in [5.41, 5.74) is 0. The molecule has 0 aliphatic carbocycles. The van der Waals surface area contributed by atoms with Crippen LogP contribution < -0.4 is 5.32 Å². The average molecular weight is 451 g/mol. The molecule has 0 aromatic rings. The number of aliphatic hydroxyl groups excluding tert-OH is 1. The lowest BCUT2D eigenvalue weighted by Gasteiger charge is -2.33. The van der Waals surface area contributed by atoms with Crippen LogP contribution in [0.4, 0.5) is 0 Å². The van der Waals surface area contributed by atoms with Crippen LogP contribution in [0.2, 0.25) is 0 Å². The van der Waals surface area contributed by atoms with Crippen molar-refractivity contribution in [2.45, 2.75) is 65.0 Å². The quantitative estimate of drug-likeness (QED) is 0.145. The van der Waals surface area contributed by atoms with E-state index in [0.29, 0.717) is 18.6 Å². The maximum atomic E-state index is 12.6. The van der Waals surface area contributed by atoms with Crippen molar-refractivity contribution in [2.24, 2.45) is 0 Å². The monoisotopic (exact) mass is 451 g/mol. The van der Waals surface area contributed by atoms with Crippen LogP contribution in [0.25, 0.3) is 0 Å².